The van der Waals surface area contributed by atoms with Crippen molar-refractivity contribution in [1.82, 2.24) is 67.7 Å². The number of nitro groups is 2. The smallest absolute Gasteiger partial charge is 0.333 e. The van der Waals surface area contributed by atoms with Gasteiger partial charge in [0.1, 0.15) is 23.1 Å². The van der Waals surface area contributed by atoms with Crippen LogP contribution in [0.1, 0.15) is 6.92 Å². The molecule has 0 bridgehead atoms. The molecule has 9 rings (SSSR count). The molecular formula is C40H46ClN21O6. The summed E-state index contributed by atoms with van der Waals surface area (Å²) in [6, 6.07) is 8.25. The quantitative estimate of drug-likeness (QED) is 0.0919. The van der Waals surface area contributed by atoms with Crippen molar-refractivity contribution < 1.29 is 15.0 Å². The maximum atomic E-state index is 11.8. The van der Waals surface area contributed by atoms with Gasteiger partial charge in [-0.1, -0.05) is 11.6 Å². The number of fused-ring (bicyclic) bond motifs is 1. The number of imidazole rings is 5. The molecule has 0 aliphatic heterocycles. The molecule has 9 aromatic heterocycles. The number of aliphatic hydroxyl groups is 1. The second-order valence-electron chi connectivity index (χ2n) is 12.8. The number of pyridine rings is 4. The molecular weight excluding hydrogens is 906 g/mol. The van der Waals surface area contributed by atoms with Crippen LogP contribution in [-0.4, -0.2) is 89.8 Å². The average Bonchev–Trinajstić information content (AvgIpc) is 4.18. The van der Waals surface area contributed by atoms with Crippen molar-refractivity contribution in [1.29, 1.82) is 5.26 Å². The summed E-state index contributed by atoms with van der Waals surface area (Å²) < 4.78 is 8.66. The maximum absolute atomic E-state index is 11.8. The molecule has 0 atom stereocenters. The van der Waals surface area contributed by atoms with Crippen LogP contribution in [0.15, 0.2) is 128 Å². The zero-order valence-corrected chi connectivity index (χ0v) is 38.0. The van der Waals surface area contributed by atoms with Gasteiger partial charge in [-0.15, -0.1) is 0 Å². The molecule has 9 heterocycles. The first-order valence-electron chi connectivity index (χ1n) is 19.2. The third-order valence-electron chi connectivity index (χ3n) is 8.27. The fourth-order valence-electron chi connectivity index (χ4n) is 4.98. The van der Waals surface area contributed by atoms with Crippen LogP contribution in [0.3, 0.4) is 0 Å². The lowest BCUT2D eigenvalue weighted by Crippen LogP contribution is -2.17. The summed E-state index contributed by atoms with van der Waals surface area (Å²) in [6.45, 7) is 1.43. The second kappa shape index (κ2) is 26.9. The molecule has 0 spiro atoms. The largest absolute Gasteiger partial charge is 0.400 e. The molecule has 0 saturated carbocycles. The molecule has 0 amide bonds. The predicted molar refractivity (Wildman–Crippen MR) is 254 cm³/mol. The zero-order chi connectivity index (χ0) is 50.2. The van der Waals surface area contributed by atoms with E-state index in [2.05, 4.69) is 55.5 Å². The van der Waals surface area contributed by atoms with E-state index in [1.165, 1.54) is 42.2 Å². The van der Waals surface area contributed by atoms with Crippen molar-refractivity contribution >= 4 is 68.9 Å². The molecule has 0 aromatic carbocycles. The van der Waals surface area contributed by atoms with E-state index in [-0.39, 0.29) is 22.1 Å². The Hall–Kier alpha value is -9.55. The minimum absolute atomic E-state index is 0.0782. The van der Waals surface area contributed by atoms with Gasteiger partial charge in [0, 0.05) is 117 Å². The summed E-state index contributed by atoms with van der Waals surface area (Å²) >= 11 is 5.44. The normalized spacial score (nSPS) is 9.57. The lowest BCUT2D eigenvalue weighted by atomic mass is 10.3. The molecule has 28 heteroatoms. The van der Waals surface area contributed by atoms with E-state index >= 15 is 0 Å². The van der Waals surface area contributed by atoms with E-state index < -0.39 is 9.85 Å². The number of hydrogen-bond donors (Lipinski definition) is 6. The molecule has 8 N–H and O–H groups in total. The van der Waals surface area contributed by atoms with E-state index in [9.17, 15) is 25.0 Å². The number of aryl methyl sites for hydroxylation is 4. The molecule has 0 radical (unpaired) electrons. The van der Waals surface area contributed by atoms with E-state index in [4.69, 9.17) is 33.4 Å². The van der Waals surface area contributed by atoms with Crippen LogP contribution in [-0.2, 0) is 28.2 Å². The predicted octanol–water partition coefficient (Wildman–Crippen LogP) is 4.84. The minimum atomic E-state index is -0.574. The molecule has 0 aliphatic rings. The number of H-pyrrole nitrogens is 1. The van der Waals surface area contributed by atoms with E-state index in [1.54, 1.807) is 101 Å². The Kier molecular flexibility index (Phi) is 20.9. The Bertz CT molecular complexity index is 3060. The molecule has 354 valence electrons. The molecule has 0 unspecified atom stereocenters. The van der Waals surface area contributed by atoms with Gasteiger partial charge in [0.05, 0.1) is 50.7 Å². The molecule has 27 nitrogen and oxygen atoms in total. The zero-order valence-electron chi connectivity index (χ0n) is 37.2. The fourth-order valence-corrected chi connectivity index (χ4v) is 5.16. The van der Waals surface area contributed by atoms with Crippen LogP contribution in [0, 0.1) is 31.6 Å². The number of nitrogens with one attached hydrogen (secondary N) is 3. The van der Waals surface area contributed by atoms with E-state index in [0.29, 0.717) is 34.7 Å². The summed E-state index contributed by atoms with van der Waals surface area (Å²) in [5, 5.41) is 41.2. The number of nitrogens with zero attached hydrogens (tertiary/aromatic N) is 16. The average molecular weight is 952 g/mol. The van der Waals surface area contributed by atoms with Crippen molar-refractivity contribution in [3.05, 3.63) is 159 Å². The second-order valence-corrected chi connectivity index (χ2v) is 13.2. The molecule has 0 fully saturated rings. The van der Waals surface area contributed by atoms with Crippen LogP contribution < -0.4 is 27.8 Å². The topological polar surface area (TPSA) is 367 Å². The molecule has 0 aliphatic carbocycles. The number of nitrogen functional groups attached to an aromatic ring is 2. The van der Waals surface area contributed by atoms with Crippen molar-refractivity contribution in [3.63, 3.8) is 0 Å². The Balaban J connectivity index is 0.000000225. The van der Waals surface area contributed by atoms with E-state index in [0.717, 1.165) is 30.5 Å². The van der Waals surface area contributed by atoms with Crippen molar-refractivity contribution in [3.8, 4) is 12.0 Å². The third-order valence-corrected chi connectivity index (χ3v) is 8.59. The fraction of sp³-hybridized carbons (Fsp3) is 0.150. The molecule has 68 heavy (non-hydrogen) atoms. The Morgan fingerprint density at radius 1 is 0.676 bits per heavy atom. The maximum Gasteiger partial charge on any atom is 0.333 e. The third kappa shape index (κ3) is 15.3. The van der Waals surface area contributed by atoms with Crippen molar-refractivity contribution in [2.24, 2.45) is 28.2 Å². The van der Waals surface area contributed by atoms with Crippen LogP contribution in [0.2, 0.25) is 5.02 Å². The van der Waals surface area contributed by atoms with Gasteiger partial charge in [0.15, 0.2) is 5.95 Å². The summed E-state index contributed by atoms with van der Waals surface area (Å²) in [5.74, 6) is 2.43. The highest BCUT2D eigenvalue weighted by Gasteiger charge is 2.15. The highest BCUT2D eigenvalue weighted by molar-refractivity contribution is 6.32. The van der Waals surface area contributed by atoms with Gasteiger partial charge in [-0.25, -0.2) is 29.3 Å². The van der Waals surface area contributed by atoms with Gasteiger partial charge in [-0.2, -0.15) is 5.26 Å². The van der Waals surface area contributed by atoms with Crippen LogP contribution in [0.4, 0.5) is 46.3 Å². The van der Waals surface area contributed by atoms with Gasteiger partial charge in [-0.05, 0) is 24.3 Å². The highest BCUT2D eigenvalue weighted by Crippen LogP contribution is 2.25. The number of nitriles is 1. The summed E-state index contributed by atoms with van der Waals surface area (Å²) in [6.07, 6.45) is 25.6. The van der Waals surface area contributed by atoms with Gasteiger partial charge in [-0.3, -0.25) is 40.2 Å². The van der Waals surface area contributed by atoms with Crippen molar-refractivity contribution in [2.75, 3.05) is 29.2 Å². The molecule has 9 aromatic rings. The standard InChI is InChI=1S/C10H9N5O.C9H9N5O2.C9H11N5.C5H3ClN2O2.C4H7N3.C2H3N.CH4O/c1-14-5-4-12-9(14)15-8-2-3-11-6-7(8)13-10(15)16;1-13-5-4-11-9(13)12-7-2-3-10-6-8(7)14(15)16;1-14-5-4-12-9(14)13-8-2-3-11-6-7(8)10;6-4-1-2-7-3-5(4)8(9)10;1-7-3-2-6-4(7)5;1-2-3;1-2/h2-6H,1H3,(H,13,16);2-6H,1H3,(H,10,11,12);2-6H,10H2,1H3,(H,11,12,13);1-3H;2-3H,1H3,(H2,5,6);1H3;2H,1H3. The monoisotopic (exact) mass is 951 g/mol. The highest BCUT2D eigenvalue weighted by atomic mass is 35.5. The van der Waals surface area contributed by atoms with Gasteiger partial charge >= 0.3 is 17.1 Å². The first-order valence-corrected chi connectivity index (χ1v) is 19.6. The van der Waals surface area contributed by atoms with E-state index in [1.807, 2.05) is 38.0 Å². The summed E-state index contributed by atoms with van der Waals surface area (Å²) in [7, 11) is 8.40. The Morgan fingerprint density at radius 2 is 1.15 bits per heavy atom. The summed E-state index contributed by atoms with van der Waals surface area (Å²) in [5.41, 5.74) is 13.8. The summed E-state index contributed by atoms with van der Waals surface area (Å²) in [4.78, 5) is 65.5. The number of nitrogens with two attached hydrogens (primary N) is 2. The van der Waals surface area contributed by atoms with Crippen molar-refractivity contribution in [2.45, 2.75) is 6.92 Å². The van der Waals surface area contributed by atoms with Gasteiger partial charge < -0.3 is 50.5 Å². The van der Waals surface area contributed by atoms with Crippen LogP contribution in [0.5, 0.6) is 0 Å². The Morgan fingerprint density at radius 3 is 1.60 bits per heavy atom. The SMILES string of the molecule is CC#N.CO.Cn1ccnc1-n1c(=O)[nH]c2cnccc21.Cn1ccnc1N.Cn1ccnc1Nc1ccncc1N.Cn1ccnc1Nc1ccncc1[N+](=O)[O-].O=[N+]([O-])c1cnccc1Cl. The first-order chi connectivity index (χ1) is 32.7. The number of aromatic amines is 1. The minimum Gasteiger partial charge on any atom is -0.400 e. The van der Waals surface area contributed by atoms with Crippen LogP contribution in [0.25, 0.3) is 17.0 Å². The number of hydrogen-bond acceptors (Lipinski definition) is 19. The number of aliphatic hydroxyl groups excluding tert-OH is 1. The number of rotatable bonds is 7. The number of halogens is 1. The lowest BCUT2D eigenvalue weighted by Gasteiger charge is -2.07. The Labute approximate surface area is 391 Å². The van der Waals surface area contributed by atoms with Gasteiger partial charge in [0.25, 0.3) is 0 Å². The van der Waals surface area contributed by atoms with Crippen LogP contribution >= 0.6 is 11.6 Å². The number of aromatic nitrogens is 14. The molecule has 0 saturated heterocycles. The lowest BCUT2D eigenvalue weighted by molar-refractivity contribution is -0.385. The number of anilines is 6. The first kappa shape index (κ1) is 52.8. The van der Waals surface area contributed by atoms with Gasteiger partial charge in [0.2, 0.25) is 17.8 Å².